The van der Waals surface area contributed by atoms with Gasteiger partial charge in [-0.05, 0) is 76.3 Å². The third kappa shape index (κ3) is 6.98. The summed E-state index contributed by atoms with van der Waals surface area (Å²) in [6, 6.07) is 7.18. The number of hydrogen-bond acceptors (Lipinski definition) is 5. The van der Waals surface area contributed by atoms with Gasteiger partial charge in [0.25, 0.3) is 0 Å². The minimum atomic E-state index is -0.575. The van der Waals surface area contributed by atoms with Crippen molar-refractivity contribution in [3.8, 4) is 5.75 Å². The summed E-state index contributed by atoms with van der Waals surface area (Å²) in [7, 11) is 0. The maximum atomic E-state index is 12.1. The van der Waals surface area contributed by atoms with Crippen molar-refractivity contribution in [3.05, 3.63) is 29.8 Å². The molecule has 0 bridgehead atoms. The molecule has 1 fully saturated rings. The third-order valence-electron chi connectivity index (χ3n) is 4.92. The van der Waals surface area contributed by atoms with E-state index in [1.165, 1.54) is 19.3 Å². The molecule has 0 unspecified atom stereocenters. The van der Waals surface area contributed by atoms with Crippen LogP contribution in [-0.4, -0.2) is 28.8 Å². The van der Waals surface area contributed by atoms with Gasteiger partial charge in [-0.1, -0.05) is 24.4 Å². The first-order valence-electron chi connectivity index (χ1n) is 10.1. The first kappa shape index (κ1) is 21.9. The largest absolute Gasteiger partial charge is 0.426 e. The zero-order valence-electron chi connectivity index (χ0n) is 17.2. The van der Waals surface area contributed by atoms with Crippen LogP contribution in [0.4, 0.5) is 0 Å². The highest BCUT2D eigenvalue weighted by molar-refractivity contribution is 6.00. The van der Waals surface area contributed by atoms with Gasteiger partial charge in [0, 0.05) is 12.5 Å². The molecule has 28 heavy (non-hydrogen) atoms. The van der Waals surface area contributed by atoms with Gasteiger partial charge in [0.15, 0.2) is 0 Å². The molecule has 0 heterocycles. The van der Waals surface area contributed by atoms with Gasteiger partial charge in [-0.3, -0.25) is 9.59 Å². The summed E-state index contributed by atoms with van der Waals surface area (Å²) in [6.45, 7) is 5.39. The average Bonchev–Trinajstić information content (AvgIpc) is 2.66. The highest BCUT2D eigenvalue weighted by Crippen LogP contribution is 2.21. The first-order valence-corrected chi connectivity index (χ1v) is 10.1. The molecule has 0 atom stereocenters. The van der Waals surface area contributed by atoms with E-state index in [9.17, 15) is 14.8 Å². The van der Waals surface area contributed by atoms with E-state index in [1.807, 2.05) is 0 Å². The number of carbonyl (C=O) groups excluding carboxylic acids is 2. The van der Waals surface area contributed by atoms with Gasteiger partial charge in [-0.25, -0.2) is 0 Å². The normalized spacial score (nSPS) is 15.9. The molecule has 2 rings (SSSR count). The van der Waals surface area contributed by atoms with Crippen molar-refractivity contribution in [2.24, 2.45) is 10.6 Å². The van der Waals surface area contributed by atoms with Crippen molar-refractivity contribution in [2.75, 3.05) is 0 Å². The van der Waals surface area contributed by atoms with Crippen LogP contribution in [0.2, 0.25) is 0 Å². The van der Waals surface area contributed by atoms with Gasteiger partial charge in [0.1, 0.15) is 5.75 Å². The number of oxime groups is 1. The Labute approximate surface area is 167 Å². The number of benzene rings is 1. The molecule has 0 aromatic heterocycles. The molecule has 0 aliphatic heterocycles. The molecule has 154 valence electrons. The molecule has 6 nitrogen and oxygen atoms in total. The maximum absolute atomic E-state index is 12.1. The lowest BCUT2D eigenvalue weighted by molar-refractivity contribution is -0.143. The van der Waals surface area contributed by atoms with E-state index in [1.54, 1.807) is 45.0 Å². The molecular formula is C22H32N2O4. The van der Waals surface area contributed by atoms with E-state index >= 15 is 0 Å². The lowest BCUT2D eigenvalue weighted by Crippen LogP contribution is -2.36. The van der Waals surface area contributed by atoms with Crippen molar-refractivity contribution >= 4 is 17.6 Å². The van der Waals surface area contributed by atoms with Crippen LogP contribution < -0.4 is 10.1 Å². The molecule has 1 aromatic rings. The van der Waals surface area contributed by atoms with Crippen molar-refractivity contribution in [2.45, 2.75) is 78.2 Å². The number of ether oxygens (including phenoxy) is 1. The van der Waals surface area contributed by atoms with Gasteiger partial charge in [-0.15, -0.1) is 0 Å². The molecule has 0 spiro atoms. The predicted molar refractivity (Wildman–Crippen MR) is 109 cm³/mol. The van der Waals surface area contributed by atoms with Crippen molar-refractivity contribution < 1.29 is 19.5 Å². The minimum absolute atomic E-state index is 0.0635. The average molecular weight is 389 g/mol. The molecule has 1 amide bonds. The summed E-state index contributed by atoms with van der Waals surface area (Å²) in [5.41, 5.74) is 0.680. The van der Waals surface area contributed by atoms with E-state index in [4.69, 9.17) is 4.74 Å². The summed E-state index contributed by atoms with van der Waals surface area (Å²) in [6.07, 6.45) is 7.30. The van der Waals surface area contributed by atoms with Crippen molar-refractivity contribution in [1.29, 1.82) is 0 Å². The molecule has 0 saturated heterocycles. The standard InChI is InChI=1S/C22H32N2O4/c1-22(2,3)21(26)28-18-14-12-16(13-15-18)19(24-27)10-7-11-20(25)23-17-8-5-4-6-9-17/h12-15,17,27H,4-11H2,1-3H3,(H,23,25). The van der Waals surface area contributed by atoms with Crippen LogP contribution in [0.15, 0.2) is 29.4 Å². The lowest BCUT2D eigenvalue weighted by atomic mass is 9.95. The Kier molecular flexibility index (Phi) is 8.03. The van der Waals surface area contributed by atoms with Crippen LogP contribution in [0.25, 0.3) is 0 Å². The zero-order valence-corrected chi connectivity index (χ0v) is 17.2. The van der Waals surface area contributed by atoms with Crippen molar-refractivity contribution in [1.82, 2.24) is 5.32 Å². The summed E-state index contributed by atoms with van der Waals surface area (Å²) in [5, 5.41) is 15.8. The van der Waals surface area contributed by atoms with Gasteiger partial charge in [0.05, 0.1) is 11.1 Å². The number of carbonyl (C=O) groups is 2. The summed E-state index contributed by atoms with van der Waals surface area (Å²) in [5.74, 6) is 0.210. The van der Waals surface area contributed by atoms with Crippen LogP contribution >= 0.6 is 0 Å². The minimum Gasteiger partial charge on any atom is -0.426 e. The van der Waals surface area contributed by atoms with Crippen LogP contribution in [0.3, 0.4) is 0 Å². The number of amides is 1. The Morgan fingerprint density at radius 1 is 1.11 bits per heavy atom. The van der Waals surface area contributed by atoms with E-state index in [0.717, 1.165) is 18.4 Å². The number of rotatable bonds is 7. The fraction of sp³-hybridized carbons (Fsp3) is 0.591. The second-order valence-electron chi connectivity index (χ2n) is 8.47. The van der Waals surface area contributed by atoms with E-state index in [2.05, 4.69) is 10.5 Å². The maximum Gasteiger partial charge on any atom is 0.316 e. The molecule has 1 saturated carbocycles. The van der Waals surface area contributed by atoms with Crippen molar-refractivity contribution in [3.63, 3.8) is 0 Å². The molecule has 2 N–H and O–H groups in total. The smallest absolute Gasteiger partial charge is 0.316 e. The van der Waals surface area contributed by atoms with Gasteiger partial charge in [0.2, 0.25) is 5.91 Å². The van der Waals surface area contributed by atoms with E-state index in [0.29, 0.717) is 36.8 Å². The molecule has 1 aliphatic rings. The van der Waals surface area contributed by atoms with Gasteiger partial charge < -0.3 is 15.3 Å². The Morgan fingerprint density at radius 2 is 1.75 bits per heavy atom. The lowest BCUT2D eigenvalue weighted by Gasteiger charge is -2.22. The monoisotopic (exact) mass is 388 g/mol. The third-order valence-corrected chi connectivity index (χ3v) is 4.92. The topological polar surface area (TPSA) is 88.0 Å². The molecule has 6 heteroatoms. The highest BCUT2D eigenvalue weighted by Gasteiger charge is 2.23. The van der Waals surface area contributed by atoms with E-state index < -0.39 is 5.41 Å². The fourth-order valence-electron chi connectivity index (χ4n) is 3.19. The number of nitrogens with zero attached hydrogens (tertiary/aromatic N) is 1. The summed E-state index contributed by atoms with van der Waals surface area (Å²) in [4.78, 5) is 24.0. The summed E-state index contributed by atoms with van der Waals surface area (Å²) < 4.78 is 5.34. The van der Waals surface area contributed by atoms with E-state index in [-0.39, 0.29) is 11.9 Å². The Hall–Kier alpha value is -2.37. The van der Waals surface area contributed by atoms with Crippen LogP contribution in [0.5, 0.6) is 5.75 Å². The molecule has 1 aromatic carbocycles. The van der Waals surface area contributed by atoms with Crippen LogP contribution in [0.1, 0.15) is 77.7 Å². The quantitative estimate of drug-likeness (QED) is 0.238. The Balaban J connectivity index is 1.81. The second-order valence-corrected chi connectivity index (χ2v) is 8.47. The highest BCUT2D eigenvalue weighted by atomic mass is 16.5. The van der Waals surface area contributed by atoms with Gasteiger partial charge >= 0.3 is 5.97 Å². The fourth-order valence-corrected chi connectivity index (χ4v) is 3.19. The number of nitrogens with one attached hydrogen (secondary N) is 1. The SMILES string of the molecule is CC(C)(C)C(=O)Oc1ccc(C(CCCC(=O)NC2CCCCC2)=NO)cc1. The number of esters is 1. The molecule has 0 radical (unpaired) electrons. The molecule has 1 aliphatic carbocycles. The summed E-state index contributed by atoms with van der Waals surface area (Å²) >= 11 is 0. The van der Waals surface area contributed by atoms with Crippen LogP contribution in [-0.2, 0) is 9.59 Å². The predicted octanol–water partition coefficient (Wildman–Crippen LogP) is 4.44. The van der Waals surface area contributed by atoms with Gasteiger partial charge in [-0.2, -0.15) is 0 Å². The zero-order chi connectivity index (χ0) is 20.6. The first-order chi connectivity index (χ1) is 13.3. The number of hydrogen-bond donors (Lipinski definition) is 2. The second kappa shape index (κ2) is 10.2. The van der Waals surface area contributed by atoms with Crippen LogP contribution in [0, 0.1) is 5.41 Å². The Bertz CT molecular complexity index is 683. The Morgan fingerprint density at radius 3 is 2.32 bits per heavy atom. The molecular weight excluding hydrogens is 356 g/mol.